The molecule has 5 nitrogen and oxygen atoms in total. The Morgan fingerprint density at radius 1 is 1.24 bits per heavy atom. The molecule has 3 rings (SSSR count). The summed E-state index contributed by atoms with van der Waals surface area (Å²) in [6.07, 6.45) is 0.488. The average Bonchev–Trinajstić information content (AvgIpc) is 2.74. The summed E-state index contributed by atoms with van der Waals surface area (Å²) in [6.45, 7) is 5.66. The molecule has 0 amide bonds. The number of aliphatic hydroxyl groups excluding tert-OH is 1. The Hall–Kier alpha value is -2.37. The summed E-state index contributed by atoms with van der Waals surface area (Å²) in [5.74, 6) is 0.0991. The molecule has 5 heteroatoms. The highest BCUT2D eigenvalue weighted by Gasteiger charge is 2.47. The van der Waals surface area contributed by atoms with Crippen LogP contribution in [0.15, 0.2) is 54.6 Å². The van der Waals surface area contributed by atoms with Crippen molar-refractivity contribution in [2.75, 3.05) is 20.2 Å². The molecule has 0 radical (unpaired) electrons. The van der Waals surface area contributed by atoms with E-state index < -0.39 is 6.10 Å². The van der Waals surface area contributed by atoms with Crippen LogP contribution in [0.3, 0.4) is 0 Å². The first-order chi connectivity index (χ1) is 13.9. The fourth-order valence-electron chi connectivity index (χ4n) is 4.63. The molecule has 0 saturated carbocycles. The fraction of sp³-hybridized carbons (Fsp3) is 0.458. The van der Waals surface area contributed by atoms with Crippen molar-refractivity contribution in [1.82, 2.24) is 4.90 Å². The second-order valence-electron chi connectivity index (χ2n) is 8.21. The molecule has 4 atom stereocenters. The van der Waals surface area contributed by atoms with Crippen LogP contribution >= 0.6 is 0 Å². The topological polar surface area (TPSA) is 70.0 Å². The van der Waals surface area contributed by atoms with E-state index in [1.807, 2.05) is 48.5 Å². The zero-order valence-corrected chi connectivity index (χ0v) is 17.4. The standard InChI is InChI=1S/C24H31NO4/c1-17-22(23(28)18-8-5-4-6-9-18)25(14-12-21(27)29-3)15-13-24(17,2)19-10-7-11-20(26)16-19/h4-11,16-17,22-23,26,28H,12-15H2,1-3H3/t17-,22-,23-,24+/m0/s1. The highest BCUT2D eigenvalue weighted by molar-refractivity contribution is 5.69. The molecule has 1 heterocycles. The molecule has 0 aliphatic carbocycles. The van der Waals surface area contributed by atoms with Crippen LogP contribution in [0.4, 0.5) is 0 Å². The van der Waals surface area contributed by atoms with Gasteiger partial charge in [-0.3, -0.25) is 9.69 Å². The third-order valence-electron chi connectivity index (χ3n) is 6.66. The van der Waals surface area contributed by atoms with Gasteiger partial charge in [0.1, 0.15) is 5.75 Å². The van der Waals surface area contributed by atoms with Gasteiger partial charge in [-0.05, 0) is 47.6 Å². The average molecular weight is 398 g/mol. The predicted molar refractivity (Wildman–Crippen MR) is 113 cm³/mol. The maximum absolute atomic E-state index is 11.7. The second kappa shape index (κ2) is 8.97. The van der Waals surface area contributed by atoms with Gasteiger partial charge in [-0.25, -0.2) is 0 Å². The number of nitrogens with zero attached hydrogens (tertiary/aromatic N) is 1. The van der Waals surface area contributed by atoms with E-state index in [4.69, 9.17) is 4.74 Å². The number of rotatable bonds is 6. The summed E-state index contributed by atoms with van der Waals surface area (Å²) in [7, 11) is 1.40. The second-order valence-corrected chi connectivity index (χ2v) is 8.21. The molecule has 0 aromatic heterocycles. The van der Waals surface area contributed by atoms with Crippen LogP contribution in [-0.4, -0.2) is 47.3 Å². The molecule has 2 aromatic carbocycles. The molecule has 2 aromatic rings. The quantitative estimate of drug-likeness (QED) is 0.728. The van der Waals surface area contributed by atoms with Crippen LogP contribution in [0, 0.1) is 5.92 Å². The summed E-state index contributed by atoms with van der Waals surface area (Å²) in [5, 5.41) is 21.3. The van der Waals surface area contributed by atoms with Gasteiger partial charge >= 0.3 is 5.97 Å². The summed E-state index contributed by atoms with van der Waals surface area (Å²) in [6, 6.07) is 16.9. The first-order valence-corrected chi connectivity index (χ1v) is 10.2. The number of aromatic hydroxyl groups is 1. The van der Waals surface area contributed by atoms with E-state index in [-0.39, 0.29) is 29.1 Å². The Morgan fingerprint density at radius 2 is 1.97 bits per heavy atom. The smallest absolute Gasteiger partial charge is 0.306 e. The van der Waals surface area contributed by atoms with Gasteiger partial charge in [-0.1, -0.05) is 56.3 Å². The van der Waals surface area contributed by atoms with Crippen LogP contribution in [0.25, 0.3) is 0 Å². The maximum Gasteiger partial charge on any atom is 0.306 e. The molecule has 156 valence electrons. The zero-order valence-electron chi connectivity index (χ0n) is 17.4. The maximum atomic E-state index is 11.7. The Balaban J connectivity index is 1.94. The molecular weight excluding hydrogens is 366 g/mol. The number of phenols is 1. The number of phenolic OH excluding ortho intramolecular Hbond substituents is 1. The van der Waals surface area contributed by atoms with Crippen LogP contribution in [0.1, 0.15) is 43.9 Å². The lowest BCUT2D eigenvalue weighted by molar-refractivity contribution is -0.141. The number of esters is 1. The van der Waals surface area contributed by atoms with E-state index in [1.54, 1.807) is 6.07 Å². The molecule has 0 bridgehead atoms. The van der Waals surface area contributed by atoms with E-state index in [0.717, 1.165) is 24.1 Å². The minimum absolute atomic E-state index is 0.0888. The van der Waals surface area contributed by atoms with Gasteiger partial charge in [0.25, 0.3) is 0 Å². The number of piperidine rings is 1. The van der Waals surface area contributed by atoms with E-state index in [1.165, 1.54) is 7.11 Å². The van der Waals surface area contributed by atoms with Gasteiger partial charge < -0.3 is 14.9 Å². The largest absolute Gasteiger partial charge is 0.508 e. The normalized spacial score (nSPS) is 26.1. The third kappa shape index (κ3) is 4.46. The van der Waals surface area contributed by atoms with Crippen molar-refractivity contribution in [2.24, 2.45) is 5.92 Å². The molecule has 1 saturated heterocycles. The Bertz CT molecular complexity index is 825. The van der Waals surface area contributed by atoms with E-state index >= 15 is 0 Å². The summed E-state index contributed by atoms with van der Waals surface area (Å²) in [5.41, 5.74) is 1.73. The molecule has 0 spiro atoms. The Kier molecular flexibility index (Phi) is 6.60. The van der Waals surface area contributed by atoms with E-state index in [9.17, 15) is 15.0 Å². The number of hydrogen-bond donors (Lipinski definition) is 2. The van der Waals surface area contributed by atoms with Crippen molar-refractivity contribution >= 4 is 5.97 Å². The number of hydrogen-bond acceptors (Lipinski definition) is 5. The summed E-state index contributed by atoms with van der Waals surface area (Å²) < 4.78 is 4.82. The first kappa shape index (κ1) is 21.3. The van der Waals surface area contributed by atoms with Gasteiger partial charge in [-0.15, -0.1) is 0 Å². The lowest BCUT2D eigenvalue weighted by Gasteiger charge is -2.52. The molecule has 29 heavy (non-hydrogen) atoms. The number of aliphatic hydroxyl groups is 1. The minimum atomic E-state index is -0.680. The zero-order chi connectivity index (χ0) is 21.0. The van der Waals surface area contributed by atoms with Gasteiger partial charge in [0.15, 0.2) is 0 Å². The molecule has 1 aliphatic heterocycles. The number of benzene rings is 2. The van der Waals surface area contributed by atoms with Gasteiger partial charge in [0.05, 0.1) is 19.6 Å². The first-order valence-electron chi connectivity index (χ1n) is 10.2. The summed E-state index contributed by atoms with van der Waals surface area (Å²) in [4.78, 5) is 13.9. The monoisotopic (exact) mass is 397 g/mol. The van der Waals surface area contributed by atoms with Gasteiger partial charge in [0.2, 0.25) is 0 Å². The van der Waals surface area contributed by atoms with E-state index in [0.29, 0.717) is 13.0 Å². The molecule has 0 unspecified atom stereocenters. The van der Waals surface area contributed by atoms with Gasteiger partial charge in [-0.2, -0.15) is 0 Å². The highest BCUT2D eigenvalue weighted by atomic mass is 16.5. The van der Waals surface area contributed by atoms with Gasteiger partial charge in [0, 0.05) is 12.6 Å². The van der Waals surface area contributed by atoms with Crippen molar-refractivity contribution in [3.05, 3.63) is 65.7 Å². The SMILES string of the molecule is COC(=O)CCN1CC[C@@](C)(c2cccc(O)c2)[C@@H](C)[C@H]1[C@@H](O)c1ccccc1. The lowest BCUT2D eigenvalue weighted by Crippen LogP contribution is -2.56. The van der Waals surface area contributed by atoms with Crippen molar-refractivity contribution in [2.45, 2.75) is 44.2 Å². The van der Waals surface area contributed by atoms with Crippen LogP contribution < -0.4 is 0 Å². The fourth-order valence-corrected chi connectivity index (χ4v) is 4.63. The predicted octanol–water partition coefficient (Wildman–Crippen LogP) is 3.66. The number of ether oxygens (including phenoxy) is 1. The van der Waals surface area contributed by atoms with Crippen molar-refractivity contribution in [3.8, 4) is 5.75 Å². The highest BCUT2D eigenvalue weighted by Crippen LogP contribution is 2.46. The Labute approximate surface area is 172 Å². The van der Waals surface area contributed by atoms with Crippen LogP contribution in [-0.2, 0) is 14.9 Å². The molecule has 2 N–H and O–H groups in total. The van der Waals surface area contributed by atoms with Crippen LogP contribution in [0.5, 0.6) is 5.75 Å². The number of carbonyl (C=O) groups is 1. The molecular formula is C24H31NO4. The van der Waals surface area contributed by atoms with Crippen molar-refractivity contribution in [3.63, 3.8) is 0 Å². The van der Waals surface area contributed by atoms with Crippen molar-refractivity contribution in [1.29, 1.82) is 0 Å². The Morgan fingerprint density at radius 3 is 2.62 bits per heavy atom. The molecule has 1 aliphatic rings. The van der Waals surface area contributed by atoms with E-state index in [2.05, 4.69) is 18.7 Å². The lowest BCUT2D eigenvalue weighted by atomic mass is 9.63. The molecule has 1 fully saturated rings. The van der Waals surface area contributed by atoms with Crippen molar-refractivity contribution < 1.29 is 19.7 Å². The third-order valence-corrected chi connectivity index (χ3v) is 6.66. The number of carbonyl (C=O) groups excluding carboxylic acids is 1. The minimum Gasteiger partial charge on any atom is -0.508 e. The number of methoxy groups -OCH3 is 1. The number of likely N-dealkylation sites (tertiary alicyclic amines) is 1. The summed E-state index contributed by atoms with van der Waals surface area (Å²) >= 11 is 0. The van der Waals surface area contributed by atoms with Crippen LogP contribution in [0.2, 0.25) is 0 Å².